The molecular formula is C16H19NO4. The van der Waals surface area contributed by atoms with E-state index < -0.39 is 17.7 Å². The first-order valence-electron chi connectivity index (χ1n) is 7.39. The standard InChI is InChI=1S/C16H19NO4/c18-14(12-7-3-1-4-8-12)17-13(15(19)20)11-21-16(17)9-5-2-6-10-16/h1,3-4,7-8,13H,2,5-6,9-11H2,(H,19,20). The first-order valence-corrected chi connectivity index (χ1v) is 7.39. The van der Waals surface area contributed by atoms with Crippen molar-refractivity contribution in [1.29, 1.82) is 0 Å². The SMILES string of the molecule is O=C(O)C1COC2(CCCCC2)N1C(=O)c1ccccc1. The lowest BCUT2D eigenvalue weighted by Crippen LogP contribution is -2.54. The lowest BCUT2D eigenvalue weighted by Gasteiger charge is -2.41. The minimum atomic E-state index is -0.998. The van der Waals surface area contributed by atoms with Gasteiger partial charge in [0, 0.05) is 5.56 Å². The number of carboxylic acid groups (broad SMARTS) is 1. The second-order valence-corrected chi connectivity index (χ2v) is 5.71. The van der Waals surface area contributed by atoms with Crippen LogP contribution in [0, 0.1) is 0 Å². The first-order chi connectivity index (χ1) is 10.1. The van der Waals surface area contributed by atoms with Gasteiger partial charge in [-0.05, 0) is 37.8 Å². The summed E-state index contributed by atoms with van der Waals surface area (Å²) < 4.78 is 5.83. The van der Waals surface area contributed by atoms with Crippen LogP contribution in [0.1, 0.15) is 42.5 Å². The first kappa shape index (κ1) is 14.1. The van der Waals surface area contributed by atoms with E-state index in [1.54, 1.807) is 24.3 Å². The topological polar surface area (TPSA) is 66.8 Å². The van der Waals surface area contributed by atoms with E-state index in [4.69, 9.17) is 4.74 Å². The Morgan fingerprint density at radius 1 is 1.14 bits per heavy atom. The number of aliphatic carboxylic acids is 1. The number of rotatable bonds is 2. The van der Waals surface area contributed by atoms with Crippen LogP contribution in [0.4, 0.5) is 0 Å². The Balaban J connectivity index is 1.96. The van der Waals surface area contributed by atoms with E-state index in [2.05, 4.69) is 0 Å². The molecule has 112 valence electrons. The number of hydrogen-bond acceptors (Lipinski definition) is 3. The molecule has 1 spiro atoms. The van der Waals surface area contributed by atoms with Crippen LogP contribution in [-0.4, -0.2) is 40.3 Å². The fraction of sp³-hybridized carbons (Fsp3) is 0.500. The monoisotopic (exact) mass is 289 g/mol. The Morgan fingerprint density at radius 3 is 2.43 bits per heavy atom. The van der Waals surface area contributed by atoms with Crippen LogP contribution in [0.3, 0.4) is 0 Å². The van der Waals surface area contributed by atoms with Crippen LogP contribution in [0.15, 0.2) is 30.3 Å². The molecule has 21 heavy (non-hydrogen) atoms. The molecule has 1 saturated carbocycles. The predicted molar refractivity (Wildman–Crippen MR) is 75.8 cm³/mol. The quantitative estimate of drug-likeness (QED) is 0.907. The van der Waals surface area contributed by atoms with Gasteiger partial charge < -0.3 is 9.84 Å². The summed E-state index contributed by atoms with van der Waals surface area (Å²) in [4.78, 5) is 25.8. The molecule has 1 unspecified atom stereocenters. The summed E-state index contributed by atoms with van der Waals surface area (Å²) in [6, 6.07) is 7.95. The highest BCUT2D eigenvalue weighted by Crippen LogP contribution is 2.41. The lowest BCUT2D eigenvalue weighted by molar-refractivity contribution is -0.143. The molecule has 2 aliphatic rings. The molecular weight excluding hydrogens is 270 g/mol. The van der Waals surface area contributed by atoms with Gasteiger partial charge in [0.25, 0.3) is 5.91 Å². The van der Waals surface area contributed by atoms with Crippen molar-refractivity contribution >= 4 is 11.9 Å². The summed E-state index contributed by atoms with van der Waals surface area (Å²) in [5.74, 6) is -1.25. The molecule has 1 aromatic carbocycles. The third-order valence-corrected chi connectivity index (χ3v) is 4.42. The molecule has 1 N–H and O–H groups in total. The fourth-order valence-electron chi connectivity index (χ4n) is 3.38. The van der Waals surface area contributed by atoms with E-state index >= 15 is 0 Å². The Hall–Kier alpha value is -1.88. The summed E-state index contributed by atoms with van der Waals surface area (Å²) >= 11 is 0. The largest absolute Gasteiger partial charge is 0.480 e. The van der Waals surface area contributed by atoms with Gasteiger partial charge in [0.2, 0.25) is 0 Å². The highest BCUT2D eigenvalue weighted by molar-refractivity contribution is 5.97. The number of amides is 1. The van der Waals surface area contributed by atoms with E-state index in [0.717, 1.165) is 32.1 Å². The maximum atomic E-state index is 12.8. The van der Waals surface area contributed by atoms with Crippen molar-refractivity contribution in [3.63, 3.8) is 0 Å². The Bertz CT molecular complexity index is 536. The Kier molecular flexibility index (Phi) is 3.68. The van der Waals surface area contributed by atoms with Crippen molar-refractivity contribution in [2.75, 3.05) is 6.61 Å². The molecule has 5 heteroatoms. The minimum absolute atomic E-state index is 0.0773. The highest BCUT2D eigenvalue weighted by Gasteiger charge is 2.53. The molecule has 1 saturated heterocycles. The van der Waals surface area contributed by atoms with Crippen LogP contribution < -0.4 is 0 Å². The Morgan fingerprint density at radius 2 is 1.81 bits per heavy atom. The lowest BCUT2D eigenvalue weighted by atomic mass is 9.89. The van der Waals surface area contributed by atoms with Crippen molar-refractivity contribution < 1.29 is 19.4 Å². The van der Waals surface area contributed by atoms with Gasteiger partial charge in [-0.1, -0.05) is 24.6 Å². The molecule has 1 atom stereocenters. The molecule has 1 aliphatic heterocycles. The predicted octanol–water partition coefficient (Wildman–Crippen LogP) is 2.27. The van der Waals surface area contributed by atoms with Crippen molar-refractivity contribution in [2.24, 2.45) is 0 Å². The maximum absolute atomic E-state index is 12.8. The van der Waals surface area contributed by atoms with Gasteiger partial charge in [-0.3, -0.25) is 9.69 Å². The van der Waals surface area contributed by atoms with Gasteiger partial charge >= 0.3 is 5.97 Å². The van der Waals surface area contributed by atoms with Crippen LogP contribution in [0.25, 0.3) is 0 Å². The van der Waals surface area contributed by atoms with Crippen LogP contribution in [0.2, 0.25) is 0 Å². The summed E-state index contributed by atoms with van der Waals surface area (Å²) in [6.07, 6.45) is 4.47. The molecule has 0 radical (unpaired) electrons. The molecule has 3 rings (SSSR count). The van der Waals surface area contributed by atoms with Gasteiger partial charge in [0.1, 0.15) is 5.72 Å². The van der Waals surface area contributed by atoms with Crippen molar-refractivity contribution in [2.45, 2.75) is 43.9 Å². The van der Waals surface area contributed by atoms with E-state index in [9.17, 15) is 14.7 Å². The summed E-state index contributed by atoms with van der Waals surface area (Å²) in [5.41, 5.74) is -0.215. The number of benzene rings is 1. The molecule has 1 aromatic rings. The molecule has 1 heterocycles. The van der Waals surface area contributed by atoms with Gasteiger partial charge in [-0.2, -0.15) is 0 Å². The summed E-state index contributed by atoms with van der Waals surface area (Å²) in [6.45, 7) is 0.0773. The molecule has 0 aromatic heterocycles. The molecule has 0 bridgehead atoms. The van der Waals surface area contributed by atoms with Gasteiger partial charge in [0.05, 0.1) is 6.61 Å². The van der Waals surface area contributed by atoms with E-state index in [0.29, 0.717) is 5.56 Å². The van der Waals surface area contributed by atoms with E-state index in [1.807, 2.05) is 6.07 Å². The number of carbonyl (C=O) groups is 2. The second kappa shape index (κ2) is 5.48. The molecule has 2 fully saturated rings. The second-order valence-electron chi connectivity index (χ2n) is 5.71. The Labute approximate surface area is 123 Å². The number of carboxylic acids is 1. The average Bonchev–Trinajstić information content (AvgIpc) is 2.87. The maximum Gasteiger partial charge on any atom is 0.328 e. The zero-order chi connectivity index (χ0) is 14.9. The fourth-order valence-corrected chi connectivity index (χ4v) is 3.38. The average molecular weight is 289 g/mol. The van der Waals surface area contributed by atoms with Gasteiger partial charge in [-0.25, -0.2) is 4.79 Å². The van der Waals surface area contributed by atoms with Gasteiger partial charge in [-0.15, -0.1) is 0 Å². The summed E-state index contributed by atoms with van der Waals surface area (Å²) in [7, 11) is 0. The van der Waals surface area contributed by atoms with Crippen LogP contribution >= 0.6 is 0 Å². The van der Waals surface area contributed by atoms with E-state index in [1.165, 1.54) is 4.90 Å². The minimum Gasteiger partial charge on any atom is -0.480 e. The molecule has 1 amide bonds. The van der Waals surface area contributed by atoms with E-state index in [-0.39, 0.29) is 12.5 Å². The van der Waals surface area contributed by atoms with Crippen molar-refractivity contribution in [3.05, 3.63) is 35.9 Å². The van der Waals surface area contributed by atoms with Crippen LogP contribution in [-0.2, 0) is 9.53 Å². The third-order valence-electron chi connectivity index (χ3n) is 4.42. The van der Waals surface area contributed by atoms with Gasteiger partial charge in [0.15, 0.2) is 6.04 Å². The summed E-state index contributed by atoms with van der Waals surface area (Å²) in [5, 5.41) is 9.42. The number of ether oxygens (including phenoxy) is 1. The third kappa shape index (κ3) is 2.42. The zero-order valence-electron chi connectivity index (χ0n) is 11.8. The normalized spacial score (nSPS) is 24.2. The highest BCUT2D eigenvalue weighted by atomic mass is 16.5. The number of hydrogen-bond donors (Lipinski definition) is 1. The number of nitrogens with zero attached hydrogens (tertiary/aromatic N) is 1. The van der Waals surface area contributed by atoms with Crippen molar-refractivity contribution in [1.82, 2.24) is 4.90 Å². The number of carbonyl (C=O) groups excluding carboxylic acids is 1. The smallest absolute Gasteiger partial charge is 0.328 e. The molecule has 1 aliphatic carbocycles. The van der Waals surface area contributed by atoms with Crippen molar-refractivity contribution in [3.8, 4) is 0 Å². The zero-order valence-corrected chi connectivity index (χ0v) is 11.8. The molecule has 5 nitrogen and oxygen atoms in total. The van der Waals surface area contributed by atoms with Crippen LogP contribution in [0.5, 0.6) is 0 Å².